The standard InChI is InChI=1S/C18H27N3/c1-5-19-17(18-14(2)20-21(4)15(18)3)13-9-12-16-10-7-6-8-11-16/h6-8,10-11,17,19H,5,9,12-13H2,1-4H3. The molecule has 0 amide bonds. The number of hydrogen-bond acceptors (Lipinski definition) is 2. The van der Waals surface area contributed by atoms with Crippen molar-refractivity contribution >= 4 is 0 Å². The third kappa shape index (κ3) is 3.94. The van der Waals surface area contributed by atoms with Crippen LogP contribution in [-0.2, 0) is 13.5 Å². The van der Waals surface area contributed by atoms with Gasteiger partial charge in [0, 0.05) is 24.3 Å². The Labute approximate surface area is 128 Å². The van der Waals surface area contributed by atoms with Crippen molar-refractivity contribution in [1.82, 2.24) is 15.1 Å². The number of rotatable bonds is 7. The van der Waals surface area contributed by atoms with Crippen LogP contribution in [0.15, 0.2) is 30.3 Å². The molecule has 0 aliphatic heterocycles. The molecule has 0 bridgehead atoms. The summed E-state index contributed by atoms with van der Waals surface area (Å²) in [7, 11) is 2.03. The van der Waals surface area contributed by atoms with Crippen LogP contribution in [0.3, 0.4) is 0 Å². The van der Waals surface area contributed by atoms with E-state index in [9.17, 15) is 0 Å². The Morgan fingerprint density at radius 1 is 1.19 bits per heavy atom. The molecule has 2 aromatic rings. The lowest BCUT2D eigenvalue weighted by Gasteiger charge is -2.19. The van der Waals surface area contributed by atoms with E-state index in [-0.39, 0.29) is 0 Å². The van der Waals surface area contributed by atoms with Crippen LogP contribution >= 0.6 is 0 Å². The highest BCUT2D eigenvalue weighted by Crippen LogP contribution is 2.25. The first-order valence-corrected chi connectivity index (χ1v) is 7.90. The molecule has 1 unspecified atom stereocenters. The molecule has 1 aromatic carbocycles. The van der Waals surface area contributed by atoms with Crippen molar-refractivity contribution in [1.29, 1.82) is 0 Å². The van der Waals surface area contributed by atoms with E-state index in [1.54, 1.807) is 0 Å². The van der Waals surface area contributed by atoms with Gasteiger partial charge in [0.25, 0.3) is 0 Å². The summed E-state index contributed by atoms with van der Waals surface area (Å²) in [5, 5.41) is 8.18. The fourth-order valence-electron chi connectivity index (χ4n) is 3.04. The van der Waals surface area contributed by atoms with Crippen molar-refractivity contribution in [3.63, 3.8) is 0 Å². The summed E-state index contributed by atoms with van der Waals surface area (Å²) in [6, 6.07) is 11.1. The van der Waals surface area contributed by atoms with Crippen molar-refractivity contribution < 1.29 is 0 Å². The van der Waals surface area contributed by atoms with Crippen LogP contribution in [0.4, 0.5) is 0 Å². The Morgan fingerprint density at radius 3 is 2.48 bits per heavy atom. The molecule has 21 heavy (non-hydrogen) atoms. The third-order valence-electron chi connectivity index (χ3n) is 4.17. The summed E-state index contributed by atoms with van der Waals surface area (Å²) in [6.07, 6.45) is 3.48. The Balaban J connectivity index is 2.02. The Kier molecular flexibility index (Phi) is 5.57. The van der Waals surface area contributed by atoms with Crippen LogP contribution in [-0.4, -0.2) is 16.3 Å². The second kappa shape index (κ2) is 7.41. The van der Waals surface area contributed by atoms with Gasteiger partial charge >= 0.3 is 0 Å². The zero-order valence-corrected chi connectivity index (χ0v) is 13.7. The molecule has 3 heteroatoms. The summed E-state index contributed by atoms with van der Waals surface area (Å²) in [5.74, 6) is 0. The molecule has 0 radical (unpaired) electrons. The second-order valence-corrected chi connectivity index (χ2v) is 5.70. The topological polar surface area (TPSA) is 29.9 Å². The van der Waals surface area contributed by atoms with E-state index in [2.05, 4.69) is 61.5 Å². The normalized spacial score (nSPS) is 12.6. The first kappa shape index (κ1) is 15.8. The molecular weight excluding hydrogens is 258 g/mol. The van der Waals surface area contributed by atoms with E-state index in [0.717, 1.165) is 25.1 Å². The number of hydrogen-bond donors (Lipinski definition) is 1. The van der Waals surface area contributed by atoms with Gasteiger partial charge in [-0.15, -0.1) is 0 Å². The minimum atomic E-state index is 0.410. The number of nitrogens with zero attached hydrogens (tertiary/aromatic N) is 2. The lowest BCUT2D eigenvalue weighted by Crippen LogP contribution is -2.22. The van der Waals surface area contributed by atoms with Crippen molar-refractivity contribution in [3.8, 4) is 0 Å². The highest BCUT2D eigenvalue weighted by molar-refractivity contribution is 5.28. The fraction of sp³-hybridized carbons (Fsp3) is 0.500. The van der Waals surface area contributed by atoms with Gasteiger partial charge in [-0.05, 0) is 45.2 Å². The van der Waals surface area contributed by atoms with Crippen molar-refractivity contribution in [2.75, 3.05) is 6.54 Å². The predicted molar refractivity (Wildman–Crippen MR) is 88.5 cm³/mol. The van der Waals surface area contributed by atoms with Crippen LogP contribution in [0.5, 0.6) is 0 Å². The summed E-state index contributed by atoms with van der Waals surface area (Å²) in [5.41, 5.74) is 5.23. The van der Waals surface area contributed by atoms with Gasteiger partial charge < -0.3 is 5.32 Å². The molecule has 0 aliphatic rings. The number of aryl methyl sites for hydroxylation is 3. The second-order valence-electron chi connectivity index (χ2n) is 5.70. The molecule has 2 rings (SSSR count). The Morgan fingerprint density at radius 2 is 1.90 bits per heavy atom. The minimum Gasteiger partial charge on any atom is -0.310 e. The quantitative estimate of drug-likeness (QED) is 0.840. The first-order valence-electron chi connectivity index (χ1n) is 7.90. The number of nitrogens with one attached hydrogen (secondary N) is 1. The number of benzene rings is 1. The van der Waals surface area contributed by atoms with Crippen LogP contribution in [0, 0.1) is 13.8 Å². The monoisotopic (exact) mass is 285 g/mol. The smallest absolute Gasteiger partial charge is 0.0644 e. The molecule has 0 aliphatic carbocycles. The van der Waals surface area contributed by atoms with E-state index >= 15 is 0 Å². The van der Waals surface area contributed by atoms with Gasteiger partial charge in [-0.25, -0.2) is 0 Å². The zero-order chi connectivity index (χ0) is 15.2. The average molecular weight is 285 g/mol. The van der Waals surface area contributed by atoms with E-state index in [1.165, 1.54) is 23.2 Å². The molecule has 114 valence electrons. The molecule has 0 saturated heterocycles. The van der Waals surface area contributed by atoms with E-state index < -0.39 is 0 Å². The van der Waals surface area contributed by atoms with E-state index in [0.29, 0.717) is 6.04 Å². The summed E-state index contributed by atoms with van der Waals surface area (Å²) < 4.78 is 1.99. The molecule has 3 nitrogen and oxygen atoms in total. The summed E-state index contributed by atoms with van der Waals surface area (Å²) >= 11 is 0. The maximum atomic E-state index is 4.56. The Hall–Kier alpha value is -1.61. The Bertz CT molecular complexity index is 557. The SMILES string of the molecule is CCNC(CCCc1ccccc1)c1c(C)nn(C)c1C. The van der Waals surface area contributed by atoms with Crippen molar-refractivity contribution in [3.05, 3.63) is 52.8 Å². The summed E-state index contributed by atoms with van der Waals surface area (Å²) in [6.45, 7) is 7.44. The van der Waals surface area contributed by atoms with Gasteiger partial charge in [-0.1, -0.05) is 37.3 Å². The molecule has 0 fully saturated rings. The highest BCUT2D eigenvalue weighted by atomic mass is 15.3. The molecule has 1 atom stereocenters. The molecule has 0 saturated carbocycles. The first-order chi connectivity index (χ1) is 10.1. The molecular formula is C18H27N3. The van der Waals surface area contributed by atoms with Crippen molar-refractivity contribution in [2.24, 2.45) is 7.05 Å². The summed E-state index contributed by atoms with van der Waals surface area (Å²) in [4.78, 5) is 0. The van der Waals surface area contributed by atoms with E-state index in [1.807, 2.05) is 11.7 Å². The van der Waals surface area contributed by atoms with Gasteiger partial charge in [0.1, 0.15) is 0 Å². The predicted octanol–water partition coefficient (Wildman–Crippen LogP) is 3.71. The van der Waals surface area contributed by atoms with E-state index in [4.69, 9.17) is 0 Å². The van der Waals surface area contributed by atoms with Crippen LogP contribution in [0.2, 0.25) is 0 Å². The third-order valence-corrected chi connectivity index (χ3v) is 4.17. The fourth-order valence-corrected chi connectivity index (χ4v) is 3.04. The van der Waals surface area contributed by atoms with Gasteiger partial charge in [0.05, 0.1) is 5.69 Å². The largest absolute Gasteiger partial charge is 0.310 e. The van der Waals surface area contributed by atoms with Crippen LogP contribution < -0.4 is 5.32 Å². The van der Waals surface area contributed by atoms with Gasteiger partial charge in [-0.3, -0.25) is 4.68 Å². The molecule has 1 aromatic heterocycles. The van der Waals surface area contributed by atoms with Crippen LogP contribution in [0.25, 0.3) is 0 Å². The lowest BCUT2D eigenvalue weighted by atomic mass is 9.97. The number of aromatic nitrogens is 2. The van der Waals surface area contributed by atoms with Crippen molar-refractivity contribution in [2.45, 2.75) is 46.1 Å². The lowest BCUT2D eigenvalue weighted by molar-refractivity contribution is 0.493. The van der Waals surface area contributed by atoms with Gasteiger partial charge in [-0.2, -0.15) is 5.10 Å². The highest BCUT2D eigenvalue weighted by Gasteiger charge is 2.18. The average Bonchev–Trinajstić information content (AvgIpc) is 2.73. The minimum absolute atomic E-state index is 0.410. The molecule has 1 N–H and O–H groups in total. The maximum Gasteiger partial charge on any atom is 0.0644 e. The van der Waals surface area contributed by atoms with Gasteiger partial charge in [0.15, 0.2) is 0 Å². The molecule has 1 heterocycles. The zero-order valence-electron chi connectivity index (χ0n) is 13.7. The maximum absolute atomic E-state index is 4.56. The molecule has 0 spiro atoms. The van der Waals surface area contributed by atoms with Crippen LogP contribution in [0.1, 0.15) is 48.3 Å². The van der Waals surface area contributed by atoms with Gasteiger partial charge in [0.2, 0.25) is 0 Å².